The summed E-state index contributed by atoms with van der Waals surface area (Å²) >= 11 is 0. The maximum absolute atomic E-state index is 2.45. The first-order chi connectivity index (χ1) is 39.7. The van der Waals surface area contributed by atoms with E-state index in [4.69, 9.17) is 0 Å². The first-order valence-electron chi connectivity index (χ1n) is 27.9. The predicted molar refractivity (Wildman–Crippen MR) is 345 cm³/mol. The fraction of sp³-hybridized carbons (Fsp3) is 0. The van der Waals surface area contributed by atoms with Crippen molar-refractivity contribution in [3.63, 3.8) is 0 Å². The molecule has 0 nitrogen and oxygen atoms in total. The maximum Gasteiger partial charge on any atom is -0.00201 e. The molecule has 0 unspecified atom stereocenters. The maximum atomic E-state index is 2.45. The summed E-state index contributed by atoms with van der Waals surface area (Å²) in [6.45, 7) is 0. The second kappa shape index (κ2) is 17.6. The number of hydrogen-bond donors (Lipinski definition) is 0. The minimum Gasteiger partial charge on any atom is -0.0616 e. The topological polar surface area (TPSA) is 0 Å². The van der Waals surface area contributed by atoms with Crippen molar-refractivity contribution in [2.75, 3.05) is 0 Å². The SMILES string of the molecule is c1cc(-c2c3ccccc3c(-c3ccc(-c4ccc5c(-c6ccc7ccccc7c6)c6ccccc6c(-c6ccc7ccccc7c6)c5c4)cc3)c3ccccc23)cc(-c2ccc3c4cccc5cccc(c6cccc2c63)c54)c1. The number of benzene rings is 17. The molecule has 0 heteroatoms. The van der Waals surface area contributed by atoms with Gasteiger partial charge < -0.3 is 0 Å². The molecule has 368 valence electrons. The fourth-order valence-electron chi connectivity index (χ4n) is 14.0. The van der Waals surface area contributed by atoms with Gasteiger partial charge in [-0.2, -0.15) is 0 Å². The van der Waals surface area contributed by atoms with Crippen LogP contribution in [0.2, 0.25) is 0 Å². The number of fused-ring (bicyclic) bond motifs is 8. The molecular weight excluding hydrogens is 961 g/mol. The molecule has 17 aromatic rings. The van der Waals surface area contributed by atoms with Gasteiger partial charge in [-0.3, -0.25) is 0 Å². The highest BCUT2D eigenvalue weighted by molar-refractivity contribution is 6.34. The Balaban J connectivity index is 0.810. The second-order valence-electron chi connectivity index (χ2n) is 21.8. The van der Waals surface area contributed by atoms with Crippen LogP contribution in [0.5, 0.6) is 0 Å². The van der Waals surface area contributed by atoms with Crippen LogP contribution in [0, 0.1) is 0 Å². The Morgan fingerprint density at radius 3 is 1.06 bits per heavy atom. The molecule has 0 saturated carbocycles. The van der Waals surface area contributed by atoms with Crippen LogP contribution >= 0.6 is 0 Å². The molecule has 0 aliphatic heterocycles. The Morgan fingerprint density at radius 1 is 0.138 bits per heavy atom. The van der Waals surface area contributed by atoms with Gasteiger partial charge in [0.05, 0.1) is 0 Å². The summed E-state index contributed by atoms with van der Waals surface area (Å²) in [6, 6.07) is 109. The second-order valence-corrected chi connectivity index (χ2v) is 21.8. The van der Waals surface area contributed by atoms with E-state index in [0.29, 0.717) is 0 Å². The Kier molecular flexibility index (Phi) is 9.81. The van der Waals surface area contributed by atoms with Crippen LogP contribution in [-0.2, 0) is 0 Å². The minimum absolute atomic E-state index is 1.18. The lowest BCUT2D eigenvalue weighted by Gasteiger charge is -2.20. The van der Waals surface area contributed by atoms with Gasteiger partial charge in [-0.1, -0.05) is 267 Å². The quantitative estimate of drug-likeness (QED) is 0.115. The molecule has 17 aromatic carbocycles. The van der Waals surface area contributed by atoms with Crippen LogP contribution in [0.25, 0.3) is 174 Å². The van der Waals surface area contributed by atoms with Gasteiger partial charge in [0, 0.05) is 0 Å². The van der Waals surface area contributed by atoms with Gasteiger partial charge >= 0.3 is 0 Å². The van der Waals surface area contributed by atoms with Crippen molar-refractivity contribution in [2.24, 2.45) is 0 Å². The van der Waals surface area contributed by atoms with Crippen molar-refractivity contribution >= 4 is 108 Å². The van der Waals surface area contributed by atoms with Crippen LogP contribution in [0.15, 0.2) is 291 Å². The molecule has 0 radical (unpaired) electrons. The predicted octanol–water partition coefficient (Wildman–Crippen LogP) is 22.7. The first-order valence-corrected chi connectivity index (χ1v) is 27.9. The average molecular weight is 1010 g/mol. The van der Waals surface area contributed by atoms with Crippen LogP contribution in [0.3, 0.4) is 0 Å². The summed E-state index contributed by atoms with van der Waals surface area (Å²) < 4.78 is 0. The number of hydrogen-bond acceptors (Lipinski definition) is 0. The Hall–Kier alpha value is -10.4. The lowest BCUT2D eigenvalue weighted by Crippen LogP contribution is -1.93. The van der Waals surface area contributed by atoms with E-state index in [1.165, 1.54) is 174 Å². The van der Waals surface area contributed by atoms with Crippen LogP contribution < -0.4 is 0 Å². The molecular formula is C80H48. The summed E-state index contributed by atoms with van der Waals surface area (Å²) in [5, 5.41) is 25.4. The van der Waals surface area contributed by atoms with Gasteiger partial charge in [0.25, 0.3) is 0 Å². The van der Waals surface area contributed by atoms with Gasteiger partial charge in [0.15, 0.2) is 0 Å². The molecule has 0 N–H and O–H groups in total. The minimum atomic E-state index is 1.18. The Morgan fingerprint density at radius 2 is 0.487 bits per heavy atom. The molecule has 0 aromatic heterocycles. The normalized spacial score (nSPS) is 12.0. The van der Waals surface area contributed by atoms with Gasteiger partial charge in [-0.15, -0.1) is 0 Å². The van der Waals surface area contributed by atoms with Crippen molar-refractivity contribution in [1.29, 1.82) is 0 Å². The molecule has 0 heterocycles. The zero-order valence-electron chi connectivity index (χ0n) is 43.7. The smallest absolute Gasteiger partial charge is 0.00201 e. The third-order valence-corrected chi connectivity index (χ3v) is 17.5. The zero-order chi connectivity index (χ0) is 52.4. The molecule has 0 fully saturated rings. The first kappa shape index (κ1) is 44.7. The van der Waals surface area contributed by atoms with Crippen LogP contribution in [0.1, 0.15) is 0 Å². The van der Waals surface area contributed by atoms with E-state index in [0.717, 1.165) is 0 Å². The molecule has 0 aliphatic rings. The third-order valence-electron chi connectivity index (χ3n) is 17.5. The van der Waals surface area contributed by atoms with Crippen LogP contribution in [0.4, 0.5) is 0 Å². The highest BCUT2D eigenvalue weighted by Gasteiger charge is 2.22. The van der Waals surface area contributed by atoms with E-state index in [1.807, 2.05) is 0 Å². The molecule has 0 saturated heterocycles. The van der Waals surface area contributed by atoms with E-state index in [2.05, 4.69) is 291 Å². The molecule has 0 bridgehead atoms. The van der Waals surface area contributed by atoms with E-state index in [-0.39, 0.29) is 0 Å². The summed E-state index contributed by atoms with van der Waals surface area (Å²) in [5.74, 6) is 0. The van der Waals surface area contributed by atoms with Crippen molar-refractivity contribution < 1.29 is 0 Å². The third kappa shape index (κ3) is 6.76. The summed E-state index contributed by atoms with van der Waals surface area (Å²) in [7, 11) is 0. The monoisotopic (exact) mass is 1010 g/mol. The molecule has 80 heavy (non-hydrogen) atoms. The molecule has 17 rings (SSSR count). The molecule has 0 atom stereocenters. The summed E-state index contributed by atoms with van der Waals surface area (Å²) in [5.41, 5.74) is 14.7. The largest absolute Gasteiger partial charge is 0.0616 e. The van der Waals surface area contributed by atoms with Gasteiger partial charge in [0.2, 0.25) is 0 Å². The summed E-state index contributed by atoms with van der Waals surface area (Å²) in [6.07, 6.45) is 0. The average Bonchev–Trinajstić information content (AvgIpc) is 3.63. The fourth-order valence-corrected chi connectivity index (χ4v) is 14.0. The number of rotatable bonds is 6. The van der Waals surface area contributed by atoms with Gasteiger partial charge in [0.1, 0.15) is 0 Å². The van der Waals surface area contributed by atoms with E-state index < -0.39 is 0 Å². The van der Waals surface area contributed by atoms with Gasteiger partial charge in [-0.05, 0) is 199 Å². The molecule has 0 aliphatic carbocycles. The van der Waals surface area contributed by atoms with Crippen molar-refractivity contribution in [3.05, 3.63) is 291 Å². The van der Waals surface area contributed by atoms with E-state index >= 15 is 0 Å². The van der Waals surface area contributed by atoms with E-state index in [1.54, 1.807) is 0 Å². The highest BCUT2D eigenvalue weighted by Crippen LogP contribution is 2.49. The van der Waals surface area contributed by atoms with Crippen molar-refractivity contribution in [2.45, 2.75) is 0 Å². The molecule has 0 amide bonds. The Labute approximate surface area is 463 Å². The zero-order valence-corrected chi connectivity index (χ0v) is 43.7. The van der Waals surface area contributed by atoms with Crippen LogP contribution in [-0.4, -0.2) is 0 Å². The van der Waals surface area contributed by atoms with E-state index in [9.17, 15) is 0 Å². The van der Waals surface area contributed by atoms with Crippen molar-refractivity contribution in [1.82, 2.24) is 0 Å². The molecule has 0 spiro atoms. The lowest BCUT2D eigenvalue weighted by atomic mass is 9.83. The Bertz CT molecular complexity index is 5300. The van der Waals surface area contributed by atoms with Crippen molar-refractivity contribution in [3.8, 4) is 66.8 Å². The highest BCUT2D eigenvalue weighted by atomic mass is 14.2. The standard InChI is InChI=1S/C80H48/c1-3-17-54-45-59(39-35-49(54)15-1)78-67-27-9-10-28-68(67)79(60-40-36-50-16-2-4-18-55(50)46-60)74-48-56(41-42-73(74)78)51-33-37-53(38-34-51)76-63-23-5-7-25-65(63)77(66-26-8-6-24-64(66)76)58-22-11-21-57(47-58)61-43-44-72-70-30-13-20-52-19-12-29-69(75(52)70)71-32-14-31-62(61)80(71)72/h1-48H. The van der Waals surface area contributed by atoms with Gasteiger partial charge in [-0.25, -0.2) is 0 Å². The summed E-state index contributed by atoms with van der Waals surface area (Å²) in [4.78, 5) is 0. The lowest BCUT2D eigenvalue weighted by molar-refractivity contribution is 1.62.